The number of amides is 3. The number of rotatable bonds is 21. The summed E-state index contributed by atoms with van der Waals surface area (Å²) in [5.41, 5.74) is 0.726. The number of nitrogens with zero attached hydrogens (tertiary/aromatic N) is 2. The Morgan fingerprint density at radius 2 is 1.59 bits per heavy atom. The topological polar surface area (TPSA) is 132 Å². The maximum absolute atomic E-state index is 14.3. The predicted octanol–water partition coefficient (Wildman–Crippen LogP) is 4.39. The lowest BCUT2D eigenvalue weighted by molar-refractivity contribution is -0.147. The fourth-order valence-corrected chi connectivity index (χ4v) is 8.00. The Labute approximate surface area is 309 Å². The SMILES string of the molecule is CC[C@H](C)[C@@H]([C@@H](CC(=O)N1CCC[C@H]1[C@H](OC)[C@@H](C)C(=O)N[C@H](C)[C@@H](O)c1ccccc1)OC)N(C)C(=O)[C@@H](NC(C)[C@@H](NC)C(C)C)C(C)C. The number of aliphatic hydroxyl groups excluding tert-OH is 1. The lowest BCUT2D eigenvalue weighted by atomic mass is 9.89. The van der Waals surface area contributed by atoms with Gasteiger partial charge in [-0.3, -0.25) is 14.4 Å². The van der Waals surface area contributed by atoms with Gasteiger partial charge in [-0.15, -0.1) is 0 Å². The van der Waals surface area contributed by atoms with Crippen molar-refractivity contribution in [2.24, 2.45) is 23.7 Å². The molecule has 11 atom stereocenters. The van der Waals surface area contributed by atoms with E-state index >= 15 is 0 Å². The molecule has 0 aliphatic carbocycles. The van der Waals surface area contributed by atoms with Crippen molar-refractivity contribution in [1.29, 1.82) is 0 Å². The van der Waals surface area contributed by atoms with Crippen LogP contribution in [-0.4, -0.2) is 116 Å². The second kappa shape index (κ2) is 21.2. The summed E-state index contributed by atoms with van der Waals surface area (Å²) in [5.74, 6) is -0.409. The number of methoxy groups -OCH3 is 2. The molecule has 1 saturated heterocycles. The zero-order chi connectivity index (χ0) is 38.6. The first-order chi connectivity index (χ1) is 24.0. The minimum atomic E-state index is -0.859. The van der Waals surface area contributed by atoms with Crippen LogP contribution in [0.1, 0.15) is 99.7 Å². The molecule has 3 amide bonds. The highest BCUT2D eigenvalue weighted by atomic mass is 16.5. The molecule has 1 unspecified atom stereocenters. The van der Waals surface area contributed by atoms with Crippen molar-refractivity contribution in [3.8, 4) is 0 Å². The first kappa shape index (κ1) is 44.6. The summed E-state index contributed by atoms with van der Waals surface area (Å²) in [6, 6.07) is 7.95. The first-order valence-electron chi connectivity index (χ1n) is 19.1. The second-order valence-corrected chi connectivity index (χ2v) is 15.5. The third-order valence-corrected chi connectivity index (χ3v) is 11.2. The van der Waals surface area contributed by atoms with Gasteiger partial charge in [-0.05, 0) is 57.1 Å². The Hall–Kier alpha value is -2.57. The van der Waals surface area contributed by atoms with E-state index < -0.39 is 36.3 Å². The zero-order valence-electron chi connectivity index (χ0n) is 33.8. The van der Waals surface area contributed by atoms with E-state index in [2.05, 4.69) is 64.4 Å². The van der Waals surface area contributed by atoms with Gasteiger partial charge >= 0.3 is 0 Å². The van der Waals surface area contributed by atoms with E-state index in [1.54, 1.807) is 26.0 Å². The molecule has 4 N–H and O–H groups in total. The van der Waals surface area contributed by atoms with E-state index in [4.69, 9.17) is 9.47 Å². The van der Waals surface area contributed by atoms with E-state index in [0.29, 0.717) is 18.9 Å². The van der Waals surface area contributed by atoms with Crippen LogP contribution in [0.15, 0.2) is 30.3 Å². The number of likely N-dealkylation sites (N-methyl/N-ethyl adjacent to an activating group) is 2. The number of hydrogen-bond acceptors (Lipinski definition) is 8. The molecule has 0 saturated carbocycles. The number of nitrogens with one attached hydrogen (secondary N) is 3. The van der Waals surface area contributed by atoms with Crippen LogP contribution >= 0.6 is 0 Å². The van der Waals surface area contributed by atoms with E-state index in [0.717, 1.165) is 18.4 Å². The molecule has 0 aromatic heterocycles. The van der Waals surface area contributed by atoms with Gasteiger partial charge in [-0.2, -0.15) is 0 Å². The van der Waals surface area contributed by atoms with Crippen LogP contribution < -0.4 is 16.0 Å². The molecule has 2 rings (SSSR count). The van der Waals surface area contributed by atoms with E-state index in [9.17, 15) is 19.5 Å². The average molecular weight is 718 g/mol. The molecule has 51 heavy (non-hydrogen) atoms. The van der Waals surface area contributed by atoms with Gasteiger partial charge in [0.25, 0.3) is 0 Å². The van der Waals surface area contributed by atoms with Crippen LogP contribution in [0.2, 0.25) is 0 Å². The number of aliphatic hydroxyl groups is 1. The summed E-state index contributed by atoms with van der Waals surface area (Å²) in [6.07, 6.45) is 0.478. The minimum Gasteiger partial charge on any atom is -0.386 e. The Balaban J connectivity index is 2.24. The molecule has 0 spiro atoms. The van der Waals surface area contributed by atoms with Gasteiger partial charge in [0.15, 0.2) is 0 Å². The summed E-state index contributed by atoms with van der Waals surface area (Å²) in [6.45, 7) is 18.9. The Morgan fingerprint density at radius 3 is 2.10 bits per heavy atom. The standard InChI is InChI=1S/C40H71N5O6/c1-14-26(6)36(44(11)40(49)35(25(4)5)42-28(8)34(41-10)24(2)3)32(50-12)23-33(46)45-22-18-21-31(45)38(51-13)27(7)39(48)43-29(9)37(47)30-19-16-15-17-20-30/h15-17,19-20,24-29,31-32,34-38,41-42,47H,14,18,21-23H2,1-13H3,(H,43,48)/t26-,27+,28?,29+,31-,32+,34-,35-,36-,37+,38+/m0/s1. The summed E-state index contributed by atoms with van der Waals surface area (Å²) >= 11 is 0. The third-order valence-electron chi connectivity index (χ3n) is 11.2. The van der Waals surface area contributed by atoms with Crippen molar-refractivity contribution >= 4 is 17.7 Å². The van der Waals surface area contributed by atoms with E-state index in [1.165, 1.54) is 0 Å². The van der Waals surface area contributed by atoms with Crippen LogP contribution in [0.3, 0.4) is 0 Å². The van der Waals surface area contributed by atoms with Crippen LogP contribution in [0.5, 0.6) is 0 Å². The number of likely N-dealkylation sites (tertiary alicyclic amines) is 1. The predicted molar refractivity (Wildman–Crippen MR) is 204 cm³/mol. The average Bonchev–Trinajstić information content (AvgIpc) is 3.59. The number of ether oxygens (including phenoxy) is 2. The molecular weight excluding hydrogens is 646 g/mol. The zero-order valence-corrected chi connectivity index (χ0v) is 33.8. The second-order valence-electron chi connectivity index (χ2n) is 15.5. The lowest BCUT2D eigenvalue weighted by Gasteiger charge is -2.41. The van der Waals surface area contributed by atoms with Crippen molar-refractivity contribution in [3.05, 3.63) is 35.9 Å². The molecule has 11 nitrogen and oxygen atoms in total. The molecule has 1 aromatic rings. The van der Waals surface area contributed by atoms with Crippen molar-refractivity contribution in [1.82, 2.24) is 25.8 Å². The van der Waals surface area contributed by atoms with Crippen molar-refractivity contribution < 1.29 is 29.0 Å². The number of carbonyl (C=O) groups excluding carboxylic acids is 3. The maximum Gasteiger partial charge on any atom is 0.240 e. The molecule has 1 fully saturated rings. The van der Waals surface area contributed by atoms with Crippen LogP contribution in [0.4, 0.5) is 0 Å². The molecular formula is C40H71N5O6. The quantitative estimate of drug-likeness (QED) is 0.147. The van der Waals surface area contributed by atoms with Gasteiger partial charge in [0.05, 0.1) is 54.8 Å². The summed E-state index contributed by atoms with van der Waals surface area (Å²) in [4.78, 5) is 45.5. The number of benzene rings is 1. The van der Waals surface area contributed by atoms with E-state index in [1.807, 2.05) is 56.3 Å². The Morgan fingerprint density at radius 1 is 0.961 bits per heavy atom. The van der Waals surface area contributed by atoms with Gasteiger partial charge in [-0.25, -0.2) is 0 Å². The summed E-state index contributed by atoms with van der Waals surface area (Å²) in [7, 11) is 6.98. The Bertz CT molecular complexity index is 1200. The minimum absolute atomic E-state index is 0.0137. The highest BCUT2D eigenvalue weighted by molar-refractivity contribution is 5.83. The monoisotopic (exact) mass is 718 g/mol. The van der Waals surface area contributed by atoms with Gasteiger partial charge < -0.3 is 40.3 Å². The fraction of sp³-hybridized carbons (Fsp3) is 0.775. The third kappa shape index (κ3) is 11.7. The normalized spacial score (nSPS) is 20.9. The van der Waals surface area contributed by atoms with Crippen molar-refractivity contribution in [2.75, 3.05) is 34.9 Å². The molecule has 11 heteroatoms. The molecule has 0 bridgehead atoms. The van der Waals surface area contributed by atoms with Crippen molar-refractivity contribution in [2.45, 2.75) is 143 Å². The summed E-state index contributed by atoms with van der Waals surface area (Å²) in [5, 5.41) is 20.8. The first-order valence-corrected chi connectivity index (χ1v) is 19.1. The molecule has 292 valence electrons. The fourth-order valence-electron chi connectivity index (χ4n) is 8.00. The van der Waals surface area contributed by atoms with Crippen molar-refractivity contribution in [3.63, 3.8) is 0 Å². The van der Waals surface area contributed by atoms with Crippen LogP contribution in [0, 0.1) is 23.7 Å². The lowest BCUT2D eigenvalue weighted by Crippen LogP contribution is -2.60. The number of hydrogen-bond donors (Lipinski definition) is 4. The highest BCUT2D eigenvalue weighted by Crippen LogP contribution is 2.30. The van der Waals surface area contributed by atoms with Gasteiger partial charge in [-0.1, -0.05) is 85.2 Å². The van der Waals surface area contributed by atoms with Gasteiger partial charge in [0.1, 0.15) is 0 Å². The smallest absolute Gasteiger partial charge is 0.240 e. The molecule has 1 aromatic carbocycles. The van der Waals surface area contributed by atoms with Crippen LogP contribution in [0.25, 0.3) is 0 Å². The molecule has 0 radical (unpaired) electrons. The Kier molecular flexibility index (Phi) is 18.5. The van der Waals surface area contributed by atoms with Gasteiger partial charge in [0.2, 0.25) is 17.7 Å². The maximum atomic E-state index is 14.3. The summed E-state index contributed by atoms with van der Waals surface area (Å²) < 4.78 is 12.0. The highest BCUT2D eigenvalue weighted by Gasteiger charge is 2.43. The van der Waals surface area contributed by atoms with E-state index in [-0.39, 0.29) is 60.1 Å². The molecule has 1 aliphatic rings. The van der Waals surface area contributed by atoms with Gasteiger partial charge in [0, 0.05) is 39.9 Å². The molecule has 1 aliphatic heterocycles. The molecule has 1 heterocycles. The number of carbonyl (C=O) groups is 3. The largest absolute Gasteiger partial charge is 0.386 e. The van der Waals surface area contributed by atoms with Crippen LogP contribution in [-0.2, 0) is 23.9 Å².